The second-order valence-corrected chi connectivity index (χ2v) is 17.9. The fraction of sp³-hybridized carbons (Fsp3) is 0.111. The third kappa shape index (κ3) is 4.46. The summed E-state index contributed by atoms with van der Waals surface area (Å²) in [5.74, 6) is 0. The smallest absolute Gasteiger partial charge is 0.138 e. The molecule has 3 heteroatoms. The Morgan fingerprint density at radius 1 is 0.474 bits per heavy atom. The van der Waals surface area contributed by atoms with E-state index < -0.39 is 0 Å². The molecule has 0 saturated carbocycles. The van der Waals surface area contributed by atoms with Crippen LogP contribution in [0.4, 0.5) is 17.1 Å². The zero-order chi connectivity index (χ0) is 38.2. The van der Waals surface area contributed by atoms with Gasteiger partial charge in [-0.3, -0.25) is 0 Å². The molecule has 2 aliphatic rings. The summed E-state index contributed by atoms with van der Waals surface area (Å²) in [4.78, 5) is 3.81. The van der Waals surface area contributed by atoms with Crippen LogP contribution in [0.5, 0.6) is 0 Å². The number of benzene rings is 8. The fourth-order valence-corrected chi connectivity index (χ4v) is 11.8. The van der Waals surface area contributed by atoms with Crippen LogP contribution in [-0.2, 0) is 10.8 Å². The Labute approximate surface area is 336 Å². The molecule has 8 aromatic carbocycles. The van der Waals surface area contributed by atoms with Crippen molar-refractivity contribution in [1.82, 2.24) is 0 Å². The number of hydrogen-bond donors (Lipinski definition) is 0. The number of furan rings is 1. The van der Waals surface area contributed by atoms with E-state index in [2.05, 4.69) is 196 Å². The van der Waals surface area contributed by atoms with Crippen LogP contribution in [0.1, 0.15) is 49.9 Å². The molecule has 0 aliphatic heterocycles. The van der Waals surface area contributed by atoms with Crippen LogP contribution in [0, 0.1) is 0 Å². The van der Waals surface area contributed by atoms with E-state index in [9.17, 15) is 0 Å². The minimum Gasteiger partial charge on any atom is -0.456 e. The average Bonchev–Trinajstić information content (AvgIpc) is 3.94. The van der Waals surface area contributed by atoms with Crippen LogP contribution >= 0.6 is 11.3 Å². The highest BCUT2D eigenvalue weighted by molar-refractivity contribution is 7.22. The summed E-state index contributed by atoms with van der Waals surface area (Å²) in [5, 5.41) is 6.03. The standard InChI is InChI=1S/C54H39NOS/c1-53(2)42-22-12-10-17-36(42)37-28-26-34(30-44(37)53)55(33-15-6-5-7-16-33)45-31-47-49(39-19-9-8-18-38(39)45)40-27-25-32(29-46(40)56-47)35-21-14-23-43-50(35)52-51(54(43,3)4)41-20-11-13-24-48(41)57-52/h5-31H,1-4H3. The maximum atomic E-state index is 6.99. The van der Waals surface area contributed by atoms with Gasteiger partial charge in [0.1, 0.15) is 11.2 Å². The van der Waals surface area contributed by atoms with Gasteiger partial charge in [-0.25, -0.2) is 0 Å². The zero-order valence-corrected chi connectivity index (χ0v) is 33.2. The molecule has 0 bridgehead atoms. The van der Waals surface area contributed by atoms with Gasteiger partial charge in [-0.1, -0.05) is 143 Å². The van der Waals surface area contributed by atoms with Crippen molar-refractivity contribution in [3.8, 4) is 32.7 Å². The van der Waals surface area contributed by atoms with Gasteiger partial charge >= 0.3 is 0 Å². The number of anilines is 3. The molecular weight excluding hydrogens is 711 g/mol. The summed E-state index contributed by atoms with van der Waals surface area (Å²) in [6.45, 7) is 9.47. The molecule has 0 unspecified atom stereocenters. The van der Waals surface area contributed by atoms with Crippen molar-refractivity contribution in [3.63, 3.8) is 0 Å². The van der Waals surface area contributed by atoms with Crippen molar-refractivity contribution >= 4 is 71.2 Å². The molecule has 2 nitrogen and oxygen atoms in total. The molecule has 57 heavy (non-hydrogen) atoms. The Bertz CT molecular complexity index is 3310. The quantitative estimate of drug-likeness (QED) is 0.178. The average molecular weight is 750 g/mol. The first-order valence-electron chi connectivity index (χ1n) is 19.9. The van der Waals surface area contributed by atoms with Gasteiger partial charge in [0.05, 0.1) is 5.69 Å². The molecule has 10 aromatic rings. The molecule has 0 amide bonds. The van der Waals surface area contributed by atoms with Crippen LogP contribution in [0.25, 0.3) is 75.5 Å². The van der Waals surface area contributed by atoms with Gasteiger partial charge in [0, 0.05) is 59.6 Å². The summed E-state index contributed by atoms with van der Waals surface area (Å²) < 4.78 is 8.34. The first-order chi connectivity index (χ1) is 27.8. The molecule has 0 atom stereocenters. The molecule has 2 aliphatic carbocycles. The third-order valence-corrected chi connectivity index (χ3v) is 14.2. The van der Waals surface area contributed by atoms with Crippen LogP contribution in [-0.4, -0.2) is 0 Å². The molecule has 2 aromatic heterocycles. The highest BCUT2D eigenvalue weighted by Crippen LogP contribution is 2.58. The SMILES string of the molecule is CC1(C)c2ccccc2-c2ccc(N(c3ccccc3)c3cc4oc5cc(-c6cccc7c6-c6sc8ccccc8c6C7(C)C)ccc5c4c4ccccc34)cc21. The second kappa shape index (κ2) is 11.6. The predicted octanol–water partition coefficient (Wildman–Crippen LogP) is 15.7. The summed E-state index contributed by atoms with van der Waals surface area (Å²) in [6.07, 6.45) is 0. The van der Waals surface area contributed by atoms with Gasteiger partial charge in [-0.15, -0.1) is 11.3 Å². The summed E-state index contributed by atoms with van der Waals surface area (Å²) in [7, 11) is 0. The summed E-state index contributed by atoms with van der Waals surface area (Å²) in [5.41, 5.74) is 17.0. The number of thiophene rings is 1. The molecule has 2 heterocycles. The van der Waals surface area contributed by atoms with Gasteiger partial charge < -0.3 is 9.32 Å². The lowest BCUT2D eigenvalue weighted by Gasteiger charge is -2.29. The van der Waals surface area contributed by atoms with Crippen molar-refractivity contribution in [2.45, 2.75) is 38.5 Å². The fourth-order valence-electron chi connectivity index (χ4n) is 10.3. The molecule has 0 fully saturated rings. The van der Waals surface area contributed by atoms with Crippen molar-refractivity contribution < 1.29 is 4.42 Å². The normalized spacial score (nSPS) is 14.6. The zero-order valence-electron chi connectivity index (χ0n) is 32.4. The molecule has 0 N–H and O–H groups in total. The Kier molecular flexibility index (Phi) is 6.65. The number of hydrogen-bond acceptors (Lipinski definition) is 3. The van der Waals surface area contributed by atoms with Crippen molar-refractivity contribution in [1.29, 1.82) is 0 Å². The minimum absolute atomic E-state index is 0.0811. The van der Waals surface area contributed by atoms with E-state index in [1.807, 2.05) is 11.3 Å². The maximum Gasteiger partial charge on any atom is 0.138 e. The Morgan fingerprint density at radius 2 is 1.18 bits per heavy atom. The molecular formula is C54H39NOS. The largest absolute Gasteiger partial charge is 0.456 e. The van der Waals surface area contributed by atoms with Crippen molar-refractivity contribution in [2.75, 3.05) is 4.90 Å². The molecule has 272 valence electrons. The number of rotatable bonds is 4. The minimum atomic E-state index is -0.111. The lowest BCUT2D eigenvalue weighted by atomic mass is 9.81. The van der Waals surface area contributed by atoms with E-state index in [-0.39, 0.29) is 10.8 Å². The van der Waals surface area contributed by atoms with Gasteiger partial charge in [0.15, 0.2) is 0 Å². The van der Waals surface area contributed by atoms with E-state index in [1.54, 1.807) is 0 Å². The van der Waals surface area contributed by atoms with Crippen LogP contribution in [0.3, 0.4) is 0 Å². The highest BCUT2D eigenvalue weighted by atomic mass is 32.1. The second-order valence-electron chi connectivity index (χ2n) is 16.9. The van der Waals surface area contributed by atoms with Crippen molar-refractivity contribution in [2.24, 2.45) is 0 Å². The van der Waals surface area contributed by atoms with Gasteiger partial charge in [0.2, 0.25) is 0 Å². The number of para-hydroxylation sites is 1. The van der Waals surface area contributed by atoms with E-state index >= 15 is 0 Å². The summed E-state index contributed by atoms with van der Waals surface area (Å²) in [6, 6.07) is 60.3. The Balaban J connectivity index is 1.06. The van der Waals surface area contributed by atoms with Gasteiger partial charge in [0.25, 0.3) is 0 Å². The lowest BCUT2D eigenvalue weighted by Crippen LogP contribution is -2.16. The first kappa shape index (κ1) is 32.8. The van der Waals surface area contributed by atoms with Crippen LogP contribution < -0.4 is 4.90 Å². The molecule has 0 spiro atoms. The maximum absolute atomic E-state index is 6.99. The van der Waals surface area contributed by atoms with E-state index in [0.29, 0.717) is 0 Å². The van der Waals surface area contributed by atoms with Crippen molar-refractivity contribution in [3.05, 3.63) is 186 Å². The Morgan fingerprint density at radius 3 is 2.04 bits per heavy atom. The summed E-state index contributed by atoms with van der Waals surface area (Å²) >= 11 is 1.92. The van der Waals surface area contributed by atoms with Gasteiger partial charge in [-0.05, 0) is 97.7 Å². The van der Waals surface area contributed by atoms with E-state index in [4.69, 9.17) is 4.42 Å². The number of fused-ring (bicyclic) bond motifs is 13. The van der Waals surface area contributed by atoms with Crippen LogP contribution in [0.15, 0.2) is 168 Å². The topological polar surface area (TPSA) is 16.4 Å². The highest BCUT2D eigenvalue weighted by Gasteiger charge is 2.40. The van der Waals surface area contributed by atoms with Gasteiger partial charge in [-0.2, -0.15) is 0 Å². The van der Waals surface area contributed by atoms with E-state index in [0.717, 1.165) is 39.0 Å². The third-order valence-electron chi connectivity index (χ3n) is 13.0. The van der Waals surface area contributed by atoms with Crippen LogP contribution in [0.2, 0.25) is 0 Å². The molecule has 12 rings (SSSR count). The monoisotopic (exact) mass is 749 g/mol. The molecule has 0 saturated heterocycles. The predicted molar refractivity (Wildman–Crippen MR) is 242 cm³/mol. The Hall–Kier alpha value is -6.42. The first-order valence-corrected chi connectivity index (χ1v) is 20.7. The number of nitrogens with zero attached hydrogens (tertiary/aromatic N) is 1. The van der Waals surface area contributed by atoms with E-state index in [1.165, 1.54) is 75.8 Å². The lowest BCUT2D eigenvalue weighted by molar-refractivity contribution is 0.660. The molecule has 0 radical (unpaired) electrons.